The third-order valence-corrected chi connectivity index (χ3v) is 1.46. The van der Waals surface area contributed by atoms with Crippen molar-refractivity contribution >= 4 is 6.21 Å². The molecule has 0 spiro atoms. The van der Waals surface area contributed by atoms with Crippen molar-refractivity contribution in [1.29, 1.82) is 0 Å². The Hall–Kier alpha value is -1.12. The van der Waals surface area contributed by atoms with Gasteiger partial charge in [-0.3, -0.25) is 4.99 Å². The van der Waals surface area contributed by atoms with Crippen LogP contribution in [0.25, 0.3) is 0 Å². The molecular formula is C10H19N3. The summed E-state index contributed by atoms with van der Waals surface area (Å²) in [6.07, 6.45) is 6.55. The van der Waals surface area contributed by atoms with Crippen LogP contribution in [-0.2, 0) is 13.1 Å². The van der Waals surface area contributed by atoms with Gasteiger partial charge in [-0.25, -0.2) is 4.98 Å². The van der Waals surface area contributed by atoms with E-state index in [-0.39, 0.29) is 0 Å². The van der Waals surface area contributed by atoms with Crippen LogP contribution in [0.15, 0.2) is 17.5 Å². The molecule has 0 saturated carbocycles. The van der Waals surface area contributed by atoms with Gasteiger partial charge >= 0.3 is 0 Å². The molecule has 74 valence electrons. The van der Waals surface area contributed by atoms with E-state index in [4.69, 9.17) is 0 Å². The molecule has 0 saturated heterocycles. The number of hydrogen-bond donors (Lipinski definition) is 0. The molecule has 0 atom stereocenters. The van der Waals surface area contributed by atoms with E-state index in [1.807, 2.05) is 51.0 Å². The zero-order valence-corrected chi connectivity index (χ0v) is 8.99. The van der Waals surface area contributed by atoms with Crippen LogP contribution in [0.4, 0.5) is 0 Å². The number of imidazole rings is 1. The van der Waals surface area contributed by atoms with Crippen molar-refractivity contribution in [3.63, 3.8) is 0 Å². The Balaban J connectivity index is 0.000000322. The van der Waals surface area contributed by atoms with E-state index >= 15 is 0 Å². The SMILES string of the molecule is C1=NCn2cncc2C1.CC.CC. The van der Waals surface area contributed by atoms with E-state index in [1.165, 1.54) is 5.69 Å². The summed E-state index contributed by atoms with van der Waals surface area (Å²) in [5, 5.41) is 0. The van der Waals surface area contributed by atoms with E-state index < -0.39 is 0 Å². The van der Waals surface area contributed by atoms with Crippen LogP contribution in [-0.4, -0.2) is 15.8 Å². The van der Waals surface area contributed by atoms with Gasteiger partial charge in [0, 0.05) is 24.5 Å². The molecule has 0 bridgehead atoms. The summed E-state index contributed by atoms with van der Waals surface area (Å²) in [5.41, 5.74) is 1.25. The molecule has 1 aliphatic rings. The Labute approximate surface area is 80.5 Å². The van der Waals surface area contributed by atoms with Crippen molar-refractivity contribution in [2.24, 2.45) is 4.99 Å². The van der Waals surface area contributed by atoms with E-state index in [0.717, 1.165) is 13.1 Å². The van der Waals surface area contributed by atoms with Crippen LogP contribution in [0.2, 0.25) is 0 Å². The van der Waals surface area contributed by atoms with Gasteiger partial charge in [0.05, 0.1) is 6.33 Å². The number of hydrogen-bond acceptors (Lipinski definition) is 2. The van der Waals surface area contributed by atoms with Gasteiger partial charge in [-0.15, -0.1) is 0 Å². The van der Waals surface area contributed by atoms with E-state index in [0.29, 0.717) is 0 Å². The van der Waals surface area contributed by atoms with Gasteiger partial charge in [0.1, 0.15) is 6.67 Å². The first-order valence-electron chi connectivity index (χ1n) is 4.94. The third-order valence-electron chi connectivity index (χ3n) is 1.46. The van der Waals surface area contributed by atoms with Gasteiger partial charge in [-0.1, -0.05) is 27.7 Å². The minimum atomic E-state index is 0.745. The second-order valence-electron chi connectivity index (χ2n) is 2.07. The Bertz CT molecular complexity index is 216. The maximum absolute atomic E-state index is 4.09. The molecule has 0 unspecified atom stereocenters. The Kier molecular flexibility index (Phi) is 6.88. The van der Waals surface area contributed by atoms with Crippen LogP contribution in [0.5, 0.6) is 0 Å². The maximum Gasteiger partial charge on any atom is 0.115 e. The van der Waals surface area contributed by atoms with Gasteiger partial charge in [-0.05, 0) is 0 Å². The van der Waals surface area contributed by atoms with Crippen LogP contribution in [0.1, 0.15) is 33.4 Å². The number of rotatable bonds is 0. The Morgan fingerprint density at radius 2 is 1.92 bits per heavy atom. The molecule has 0 aromatic carbocycles. The van der Waals surface area contributed by atoms with E-state index in [9.17, 15) is 0 Å². The average molecular weight is 181 g/mol. The normalized spacial score (nSPS) is 11.7. The first kappa shape index (κ1) is 11.9. The van der Waals surface area contributed by atoms with Gasteiger partial charge in [0.15, 0.2) is 0 Å². The molecule has 3 heteroatoms. The summed E-state index contributed by atoms with van der Waals surface area (Å²) in [7, 11) is 0. The highest BCUT2D eigenvalue weighted by molar-refractivity contribution is 5.61. The molecule has 2 heterocycles. The lowest BCUT2D eigenvalue weighted by atomic mass is 10.3. The van der Waals surface area contributed by atoms with Crippen molar-refractivity contribution in [2.75, 3.05) is 0 Å². The fraction of sp³-hybridized carbons (Fsp3) is 0.600. The molecular weight excluding hydrogens is 162 g/mol. The molecule has 0 fully saturated rings. The molecule has 13 heavy (non-hydrogen) atoms. The lowest BCUT2D eigenvalue weighted by Gasteiger charge is -2.05. The maximum atomic E-state index is 4.09. The highest BCUT2D eigenvalue weighted by Crippen LogP contribution is 2.02. The van der Waals surface area contributed by atoms with E-state index in [2.05, 4.69) is 9.98 Å². The van der Waals surface area contributed by atoms with Gasteiger partial charge in [0.2, 0.25) is 0 Å². The fourth-order valence-corrected chi connectivity index (χ4v) is 0.949. The van der Waals surface area contributed by atoms with Crippen LogP contribution >= 0.6 is 0 Å². The van der Waals surface area contributed by atoms with Gasteiger partial charge < -0.3 is 4.57 Å². The van der Waals surface area contributed by atoms with Crippen molar-refractivity contribution < 1.29 is 0 Å². The highest BCUT2D eigenvalue weighted by atomic mass is 15.1. The van der Waals surface area contributed by atoms with E-state index in [1.54, 1.807) is 0 Å². The van der Waals surface area contributed by atoms with Crippen LogP contribution in [0, 0.1) is 0 Å². The minimum Gasteiger partial charge on any atom is -0.314 e. The summed E-state index contributed by atoms with van der Waals surface area (Å²) in [5.74, 6) is 0. The smallest absolute Gasteiger partial charge is 0.115 e. The van der Waals surface area contributed by atoms with Crippen molar-refractivity contribution in [3.8, 4) is 0 Å². The Morgan fingerprint density at radius 3 is 2.54 bits per heavy atom. The minimum absolute atomic E-state index is 0.745. The number of fused-ring (bicyclic) bond motifs is 1. The summed E-state index contributed by atoms with van der Waals surface area (Å²) in [6, 6.07) is 0. The molecule has 3 nitrogen and oxygen atoms in total. The molecule has 1 aliphatic heterocycles. The summed E-state index contributed by atoms with van der Waals surface area (Å²) in [6.45, 7) is 8.75. The predicted octanol–water partition coefficient (Wildman–Crippen LogP) is 2.52. The molecule has 1 aromatic rings. The lowest BCUT2D eigenvalue weighted by Crippen LogP contribution is -2.05. The zero-order chi connectivity index (χ0) is 10.1. The molecule has 1 aromatic heterocycles. The quantitative estimate of drug-likeness (QED) is 0.605. The fourth-order valence-electron chi connectivity index (χ4n) is 0.949. The number of aliphatic imine (C=N–C) groups is 1. The highest BCUT2D eigenvalue weighted by Gasteiger charge is 2.01. The number of aromatic nitrogens is 2. The first-order valence-corrected chi connectivity index (χ1v) is 4.94. The van der Waals surface area contributed by atoms with Gasteiger partial charge in [0.25, 0.3) is 0 Å². The average Bonchev–Trinajstić information content (AvgIpc) is 2.71. The molecule has 0 N–H and O–H groups in total. The largest absolute Gasteiger partial charge is 0.314 e. The summed E-state index contributed by atoms with van der Waals surface area (Å²) in [4.78, 5) is 8.08. The molecule has 0 amide bonds. The predicted molar refractivity (Wildman–Crippen MR) is 57.1 cm³/mol. The third kappa shape index (κ3) is 3.40. The van der Waals surface area contributed by atoms with Crippen molar-refractivity contribution in [3.05, 3.63) is 18.2 Å². The van der Waals surface area contributed by atoms with Gasteiger partial charge in [-0.2, -0.15) is 0 Å². The second-order valence-corrected chi connectivity index (χ2v) is 2.07. The zero-order valence-electron chi connectivity index (χ0n) is 8.99. The van der Waals surface area contributed by atoms with Crippen LogP contribution < -0.4 is 0 Å². The molecule has 0 aliphatic carbocycles. The van der Waals surface area contributed by atoms with Crippen molar-refractivity contribution in [2.45, 2.75) is 40.8 Å². The first-order chi connectivity index (χ1) is 6.47. The van der Waals surface area contributed by atoms with Crippen molar-refractivity contribution in [1.82, 2.24) is 9.55 Å². The second kappa shape index (κ2) is 7.53. The monoisotopic (exact) mass is 181 g/mol. The lowest BCUT2D eigenvalue weighted by molar-refractivity contribution is 0.689. The summed E-state index contributed by atoms with van der Waals surface area (Å²) < 4.78 is 2.04. The van der Waals surface area contributed by atoms with Crippen LogP contribution in [0.3, 0.4) is 0 Å². The molecule has 2 rings (SSSR count). The standard InChI is InChI=1S/C6H7N3.2C2H6/c1-2-7-4-9-5-8-3-6(1)9;2*1-2/h2-3,5H,1,4H2;2*1-2H3. The topological polar surface area (TPSA) is 30.2 Å². The number of nitrogens with zero attached hydrogens (tertiary/aromatic N) is 3. The molecule has 0 radical (unpaired) electrons. The Morgan fingerprint density at radius 1 is 1.23 bits per heavy atom. The summed E-state index contributed by atoms with van der Waals surface area (Å²) >= 11 is 0.